The first kappa shape index (κ1) is 18.6. The summed E-state index contributed by atoms with van der Waals surface area (Å²) < 4.78 is 10.2. The van der Waals surface area contributed by atoms with E-state index in [4.69, 9.17) is 4.74 Å². The van der Waals surface area contributed by atoms with Crippen LogP contribution in [0.15, 0.2) is 53.9 Å². The van der Waals surface area contributed by atoms with Crippen LogP contribution in [0.4, 0.5) is 0 Å². The Hall–Kier alpha value is -2.80. The van der Waals surface area contributed by atoms with Crippen molar-refractivity contribution in [1.82, 2.24) is 24.1 Å². The highest BCUT2D eigenvalue weighted by molar-refractivity contribution is 7.98. The zero-order chi connectivity index (χ0) is 19.7. The Labute approximate surface area is 168 Å². The molecule has 0 aliphatic rings. The predicted molar refractivity (Wildman–Crippen MR) is 111 cm³/mol. The molecular formula is C21H23N5OS. The molecule has 0 saturated carbocycles. The van der Waals surface area contributed by atoms with Crippen LogP contribution in [0.2, 0.25) is 0 Å². The number of pyridine rings is 1. The molecule has 0 aliphatic carbocycles. The molecular weight excluding hydrogens is 370 g/mol. The van der Waals surface area contributed by atoms with Gasteiger partial charge in [-0.3, -0.25) is 0 Å². The number of thioether (sulfide) groups is 1. The molecule has 0 fully saturated rings. The maximum absolute atomic E-state index is 6.16. The third kappa shape index (κ3) is 3.62. The molecule has 0 saturated heterocycles. The van der Waals surface area contributed by atoms with Gasteiger partial charge in [0.1, 0.15) is 11.4 Å². The standard InChI is InChI=1S/C21H23N5OS/c1-14-8-7-9-18(15(14)2)27-16(3)20-23-24-21(25(20)4)28-13-17-12-26-11-6-5-10-19(26)22-17/h5-12,16H,13H2,1-4H3. The van der Waals surface area contributed by atoms with E-state index in [9.17, 15) is 0 Å². The molecule has 1 atom stereocenters. The largest absolute Gasteiger partial charge is 0.482 e. The van der Waals surface area contributed by atoms with Gasteiger partial charge in [-0.15, -0.1) is 10.2 Å². The molecule has 4 rings (SSSR count). The summed E-state index contributed by atoms with van der Waals surface area (Å²) in [6.07, 6.45) is 3.86. The van der Waals surface area contributed by atoms with Crippen LogP contribution in [0.3, 0.4) is 0 Å². The van der Waals surface area contributed by atoms with Gasteiger partial charge in [0, 0.05) is 25.2 Å². The fraction of sp³-hybridized carbons (Fsp3) is 0.286. The van der Waals surface area contributed by atoms with E-state index >= 15 is 0 Å². The van der Waals surface area contributed by atoms with Gasteiger partial charge in [-0.25, -0.2) is 4.98 Å². The number of aromatic nitrogens is 5. The van der Waals surface area contributed by atoms with Crippen molar-refractivity contribution >= 4 is 17.4 Å². The summed E-state index contributed by atoms with van der Waals surface area (Å²) >= 11 is 1.62. The molecule has 0 radical (unpaired) electrons. The van der Waals surface area contributed by atoms with Crippen LogP contribution in [-0.2, 0) is 12.8 Å². The molecule has 3 aromatic heterocycles. The molecule has 6 nitrogen and oxygen atoms in total. The van der Waals surface area contributed by atoms with Crippen molar-refractivity contribution in [3.63, 3.8) is 0 Å². The minimum Gasteiger partial charge on any atom is -0.482 e. The Bertz CT molecular complexity index is 1080. The molecule has 4 aromatic rings. The Balaban J connectivity index is 1.46. The van der Waals surface area contributed by atoms with E-state index in [1.165, 1.54) is 5.56 Å². The first-order valence-corrected chi connectivity index (χ1v) is 10.2. The lowest BCUT2D eigenvalue weighted by molar-refractivity contribution is 0.210. The molecule has 0 bridgehead atoms. The molecule has 0 spiro atoms. The van der Waals surface area contributed by atoms with Crippen molar-refractivity contribution in [1.29, 1.82) is 0 Å². The van der Waals surface area contributed by atoms with Gasteiger partial charge in [-0.1, -0.05) is 30.0 Å². The highest BCUT2D eigenvalue weighted by atomic mass is 32.2. The molecule has 1 unspecified atom stereocenters. The average Bonchev–Trinajstić information content (AvgIpc) is 3.26. The first-order valence-electron chi connectivity index (χ1n) is 9.20. The van der Waals surface area contributed by atoms with Crippen LogP contribution < -0.4 is 4.74 Å². The van der Waals surface area contributed by atoms with Crippen LogP contribution in [0.1, 0.15) is 35.7 Å². The van der Waals surface area contributed by atoms with E-state index in [0.717, 1.165) is 39.4 Å². The smallest absolute Gasteiger partial charge is 0.191 e. The van der Waals surface area contributed by atoms with Crippen molar-refractivity contribution in [3.05, 3.63) is 71.4 Å². The molecule has 0 aliphatic heterocycles. The Morgan fingerprint density at radius 3 is 2.79 bits per heavy atom. The Morgan fingerprint density at radius 2 is 1.96 bits per heavy atom. The van der Waals surface area contributed by atoms with Crippen molar-refractivity contribution in [2.75, 3.05) is 0 Å². The van der Waals surface area contributed by atoms with Crippen LogP contribution in [0, 0.1) is 13.8 Å². The maximum Gasteiger partial charge on any atom is 0.191 e. The number of benzene rings is 1. The molecule has 0 amide bonds. The number of fused-ring (bicyclic) bond motifs is 1. The van der Waals surface area contributed by atoms with Crippen molar-refractivity contribution in [2.24, 2.45) is 7.05 Å². The Morgan fingerprint density at radius 1 is 1.11 bits per heavy atom. The summed E-state index contributed by atoms with van der Waals surface area (Å²) in [6.45, 7) is 6.16. The van der Waals surface area contributed by atoms with Gasteiger partial charge in [0.2, 0.25) is 0 Å². The minimum atomic E-state index is -0.192. The lowest BCUT2D eigenvalue weighted by Crippen LogP contribution is -2.10. The van der Waals surface area contributed by atoms with E-state index in [2.05, 4.69) is 35.1 Å². The van der Waals surface area contributed by atoms with Gasteiger partial charge in [0.25, 0.3) is 0 Å². The summed E-state index contributed by atoms with van der Waals surface area (Å²) in [5.74, 6) is 2.42. The Kier molecular flexibility index (Phi) is 5.09. The lowest BCUT2D eigenvalue weighted by atomic mass is 10.1. The molecule has 7 heteroatoms. The second kappa shape index (κ2) is 7.67. The van der Waals surface area contributed by atoms with E-state index in [1.54, 1.807) is 11.8 Å². The SMILES string of the molecule is Cc1cccc(OC(C)c2nnc(SCc3cn4ccccc4n3)n2C)c1C. The van der Waals surface area contributed by atoms with Crippen LogP contribution in [-0.4, -0.2) is 24.1 Å². The number of imidazole rings is 1. The zero-order valence-corrected chi connectivity index (χ0v) is 17.3. The van der Waals surface area contributed by atoms with Gasteiger partial charge >= 0.3 is 0 Å². The van der Waals surface area contributed by atoms with E-state index in [-0.39, 0.29) is 6.10 Å². The maximum atomic E-state index is 6.16. The van der Waals surface area contributed by atoms with E-state index in [0.29, 0.717) is 0 Å². The second-order valence-corrected chi connectivity index (χ2v) is 7.79. The van der Waals surface area contributed by atoms with Gasteiger partial charge in [-0.05, 0) is 50.1 Å². The van der Waals surface area contributed by atoms with Gasteiger partial charge in [-0.2, -0.15) is 0 Å². The quantitative estimate of drug-likeness (QED) is 0.451. The number of nitrogens with zero attached hydrogens (tertiary/aromatic N) is 5. The van der Waals surface area contributed by atoms with Gasteiger partial charge in [0.15, 0.2) is 17.1 Å². The summed E-state index contributed by atoms with van der Waals surface area (Å²) in [7, 11) is 1.98. The summed E-state index contributed by atoms with van der Waals surface area (Å²) in [4.78, 5) is 4.63. The van der Waals surface area contributed by atoms with Crippen molar-refractivity contribution in [2.45, 2.75) is 37.8 Å². The van der Waals surface area contributed by atoms with Crippen molar-refractivity contribution in [3.8, 4) is 5.75 Å². The number of hydrogen-bond acceptors (Lipinski definition) is 5. The highest BCUT2D eigenvalue weighted by Gasteiger charge is 2.18. The molecule has 144 valence electrons. The molecule has 3 heterocycles. The average molecular weight is 394 g/mol. The number of rotatable bonds is 6. The molecule has 0 N–H and O–H groups in total. The van der Waals surface area contributed by atoms with E-state index in [1.807, 2.05) is 65.7 Å². The highest BCUT2D eigenvalue weighted by Crippen LogP contribution is 2.28. The third-order valence-electron chi connectivity index (χ3n) is 4.85. The molecule has 28 heavy (non-hydrogen) atoms. The van der Waals surface area contributed by atoms with Crippen molar-refractivity contribution < 1.29 is 4.74 Å². The summed E-state index contributed by atoms with van der Waals surface area (Å²) in [5, 5.41) is 9.56. The fourth-order valence-corrected chi connectivity index (χ4v) is 3.90. The number of hydrogen-bond donors (Lipinski definition) is 0. The van der Waals surface area contributed by atoms with Crippen LogP contribution in [0.5, 0.6) is 5.75 Å². The van der Waals surface area contributed by atoms with Gasteiger partial charge < -0.3 is 13.7 Å². The monoisotopic (exact) mass is 393 g/mol. The first-order chi connectivity index (χ1) is 13.5. The fourth-order valence-electron chi connectivity index (χ4n) is 3.10. The van der Waals surface area contributed by atoms with Crippen LogP contribution >= 0.6 is 11.8 Å². The second-order valence-electron chi connectivity index (χ2n) is 6.84. The normalized spacial score (nSPS) is 12.4. The van der Waals surface area contributed by atoms with Crippen LogP contribution in [0.25, 0.3) is 5.65 Å². The number of aryl methyl sites for hydroxylation is 1. The molecule has 1 aromatic carbocycles. The number of ether oxygens (including phenoxy) is 1. The third-order valence-corrected chi connectivity index (χ3v) is 5.91. The summed E-state index contributed by atoms with van der Waals surface area (Å²) in [6, 6.07) is 12.1. The predicted octanol–water partition coefficient (Wildman–Crippen LogP) is 4.51. The van der Waals surface area contributed by atoms with E-state index < -0.39 is 0 Å². The zero-order valence-electron chi connectivity index (χ0n) is 16.5. The topological polar surface area (TPSA) is 57.2 Å². The lowest BCUT2D eigenvalue weighted by Gasteiger charge is -2.16. The minimum absolute atomic E-state index is 0.192. The summed E-state index contributed by atoms with van der Waals surface area (Å²) in [5.41, 5.74) is 4.33. The van der Waals surface area contributed by atoms with Gasteiger partial charge in [0.05, 0.1) is 5.69 Å².